The van der Waals surface area contributed by atoms with E-state index >= 15 is 0 Å². The summed E-state index contributed by atoms with van der Waals surface area (Å²) < 4.78 is 4.93. The van der Waals surface area contributed by atoms with Crippen LogP contribution in [0.2, 0.25) is 0 Å². The van der Waals surface area contributed by atoms with Crippen LogP contribution in [0.4, 0.5) is 5.82 Å². The predicted molar refractivity (Wildman–Crippen MR) is 92.3 cm³/mol. The van der Waals surface area contributed by atoms with Crippen LogP contribution in [0.5, 0.6) is 0 Å². The summed E-state index contributed by atoms with van der Waals surface area (Å²) in [6.45, 7) is 2.17. The van der Waals surface area contributed by atoms with Gasteiger partial charge in [-0.05, 0) is 50.4 Å². The normalized spacial score (nSPS) is 25.9. The highest BCUT2D eigenvalue weighted by Crippen LogP contribution is 2.45. The number of nitrogens with one attached hydrogen (secondary N) is 1. The van der Waals surface area contributed by atoms with Crippen LogP contribution >= 0.6 is 11.8 Å². The van der Waals surface area contributed by atoms with Gasteiger partial charge in [0.05, 0.1) is 6.61 Å². The molecule has 3 unspecified atom stereocenters. The maximum absolute atomic E-state index is 11.5. The first-order valence-corrected chi connectivity index (χ1v) is 9.44. The Labute approximate surface area is 141 Å². The van der Waals surface area contributed by atoms with Crippen LogP contribution in [-0.4, -0.2) is 34.8 Å². The van der Waals surface area contributed by atoms with Gasteiger partial charge in [0, 0.05) is 23.9 Å². The summed E-state index contributed by atoms with van der Waals surface area (Å²) in [7, 11) is 0. The number of aromatic nitrogens is 2. The van der Waals surface area contributed by atoms with Crippen LogP contribution in [0, 0.1) is 11.8 Å². The summed E-state index contributed by atoms with van der Waals surface area (Å²) in [6, 6.07) is 0.494. The highest BCUT2D eigenvalue weighted by Gasteiger charge is 2.39. The molecule has 2 aliphatic rings. The molecule has 0 spiro atoms. The second-order valence-corrected chi connectivity index (χ2v) is 6.95. The van der Waals surface area contributed by atoms with Crippen molar-refractivity contribution >= 4 is 29.6 Å². The fourth-order valence-corrected chi connectivity index (χ4v) is 4.00. The van der Waals surface area contributed by atoms with Gasteiger partial charge in [-0.3, -0.25) is 0 Å². The van der Waals surface area contributed by atoms with E-state index in [1.165, 1.54) is 43.5 Å². The molecular weight excluding hydrogens is 310 g/mol. The van der Waals surface area contributed by atoms with Crippen LogP contribution < -0.4 is 5.32 Å². The van der Waals surface area contributed by atoms with Crippen molar-refractivity contribution in [3.8, 4) is 0 Å². The lowest BCUT2D eigenvalue weighted by atomic mass is 9.95. The van der Waals surface area contributed by atoms with Gasteiger partial charge in [-0.25, -0.2) is 14.8 Å². The van der Waals surface area contributed by atoms with Gasteiger partial charge in [0.1, 0.15) is 5.82 Å². The lowest BCUT2D eigenvalue weighted by Crippen LogP contribution is -2.26. The van der Waals surface area contributed by atoms with E-state index < -0.39 is 0 Å². The number of anilines is 1. The minimum absolute atomic E-state index is 0.340. The minimum Gasteiger partial charge on any atom is -0.463 e. The van der Waals surface area contributed by atoms with Gasteiger partial charge >= 0.3 is 5.97 Å². The number of hydrogen-bond donors (Lipinski definition) is 1. The number of thioether (sulfide) groups is 1. The number of nitrogens with zero attached hydrogens (tertiary/aromatic N) is 2. The smallest absolute Gasteiger partial charge is 0.330 e. The number of fused-ring (bicyclic) bond motifs is 2. The minimum atomic E-state index is -0.340. The fraction of sp³-hybridized carbons (Fsp3) is 0.588. The molecule has 2 saturated carbocycles. The molecule has 3 rings (SSSR count). The zero-order valence-corrected chi connectivity index (χ0v) is 14.4. The van der Waals surface area contributed by atoms with Crippen LogP contribution in [0.25, 0.3) is 6.08 Å². The Balaban J connectivity index is 1.77. The molecular formula is C17H23N3O2S. The summed E-state index contributed by atoms with van der Waals surface area (Å²) in [4.78, 5) is 20.4. The Kier molecular flexibility index (Phi) is 5.20. The van der Waals surface area contributed by atoms with Crippen molar-refractivity contribution < 1.29 is 9.53 Å². The van der Waals surface area contributed by atoms with E-state index in [4.69, 9.17) is 4.74 Å². The van der Waals surface area contributed by atoms with Crippen molar-refractivity contribution in [2.75, 3.05) is 18.2 Å². The summed E-state index contributed by atoms with van der Waals surface area (Å²) in [5.41, 5.74) is 0.832. The molecule has 2 fully saturated rings. The number of carbonyl (C=O) groups is 1. The molecule has 1 aromatic heterocycles. The highest BCUT2D eigenvalue weighted by molar-refractivity contribution is 7.98. The molecule has 0 radical (unpaired) electrons. The average Bonchev–Trinajstić information content (AvgIpc) is 3.16. The molecule has 0 aliphatic heterocycles. The first-order chi connectivity index (χ1) is 11.2. The Morgan fingerprint density at radius 3 is 3.00 bits per heavy atom. The van der Waals surface area contributed by atoms with E-state index in [0.29, 0.717) is 12.6 Å². The van der Waals surface area contributed by atoms with Gasteiger partial charge in [0.25, 0.3) is 0 Å². The second kappa shape index (κ2) is 7.34. The van der Waals surface area contributed by atoms with Crippen LogP contribution in [-0.2, 0) is 9.53 Å². The zero-order valence-electron chi connectivity index (χ0n) is 13.6. The molecule has 0 aromatic carbocycles. The molecule has 5 nitrogen and oxygen atoms in total. The van der Waals surface area contributed by atoms with Crippen molar-refractivity contribution in [3.05, 3.63) is 17.8 Å². The summed E-state index contributed by atoms with van der Waals surface area (Å²) in [6.07, 6.45) is 12.2. The number of hydrogen-bond acceptors (Lipinski definition) is 6. The number of ether oxygens (including phenoxy) is 1. The molecule has 124 valence electrons. The largest absolute Gasteiger partial charge is 0.463 e. The maximum Gasteiger partial charge on any atom is 0.330 e. The molecule has 1 aromatic rings. The van der Waals surface area contributed by atoms with Crippen LogP contribution in [0.15, 0.2) is 17.4 Å². The van der Waals surface area contributed by atoms with E-state index in [2.05, 4.69) is 15.3 Å². The Morgan fingerprint density at radius 1 is 1.48 bits per heavy atom. The van der Waals surface area contributed by atoms with E-state index in [0.717, 1.165) is 28.4 Å². The molecule has 1 heterocycles. The monoisotopic (exact) mass is 333 g/mol. The molecule has 1 N–H and O–H groups in total. The fourth-order valence-electron chi connectivity index (χ4n) is 3.66. The maximum atomic E-state index is 11.5. The van der Waals surface area contributed by atoms with Gasteiger partial charge in [0.15, 0.2) is 5.16 Å². The SMILES string of the molecule is CCOC(=O)/C=C/c1cnc(SC)nc1NC1CC2CCC1C2. The Bertz CT molecular complexity index is 606. The number of esters is 1. The molecule has 0 amide bonds. The summed E-state index contributed by atoms with van der Waals surface area (Å²) in [5, 5.41) is 4.34. The van der Waals surface area contributed by atoms with E-state index in [9.17, 15) is 4.79 Å². The Morgan fingerprint density at radius 2 is 2.35 bits per heavy atom. The predicted octanol–water partition coefficient (Wildman–Crippen LogP) is 3.38. The van der Waals surface area contributed by atoms with Gasteiger partial charge < -0.3 is 10.1 Å². The van der Waals surface area contributed by atoms with E-state index in [1.807, 2.05) is 6.26 Å². The average molecular weight is 333 g/mol. The van der Waals surface area contributed by atoms with Crippen molar-refractivity contribution in [1.82, 2.24) is 9.97 Å². The second-order valence-electron chi connectivity index (χ2n) is 6.17. The number of rotatable bonds is 6. The van der Waals surface area contributed by atoms with Gasteiger partial charge in [-0.2, -0.15) is 0 Å². The summed E-state index contributed by atoms with van der Waals surface area (Å²) in [5.74, 6) is 2.11. The third kappa shape index (κ3) is 3.86. The third-order valence-corrected chi connectivity index (χ3v) is 5.29. The molecule has 0 saturated heterocycles. The molecule has 23 heavy (non-hydrogen) atoms. The van der Waals surface area contributed by atoms with Crippen LogP contribution in [0.1, 0.15) is 38.2 Å². The van der Waals surface area contributed by atoms with Gasteiger partial charge in [0.2, 0.25) is 0 Å². The number of carbonyl (C=O) groups excluding carboxylic acids is 1. The quantitative estimate of drug-likeness (QED) is 0.373. The Hall–Kier alpha value is -1.56. The summed E-state index contributed by atoms with van der Waals surface area (Å²) >= 11 is 1.52. The third-order valence-electron chi connectivity index (χ3n) is 4.72. The highest BCUT2D eigenvalue weighted by atomic mass is 32.2. The molecule has 2 bridgehead atoms. The van der Waals surface area contributed by atoms with Gasteiger partial charge in [-0.1, -0.05) is 18.2 Å². The lowest BCUT2D eigenvalue weighted by Gasteiger charge is -2.24. The topological polar surface area (TPSA) is 64.1 Å². The standard InChI is InChI=1S/C17H23N3O2S/c1-3-22-15(21)7-6-13-10-18-17(23-2)20-16(13)19-14-9-11-4-5-12(14)8-11/h6-7,10-12,14H,3-5,8-9H2,1-2H3,(H,18,19,20)/b7-6+. The van der Waals surface area contributed by atoms with Crippen LogP contribution in [0.3, 0.4) is 0 Å². The first kappa shape index (κ1) is 16.3. The molecule has 3 atom stereocenters. The van der Waals surface area contributed by atoms with Crippen molar-refractivity contribution in [2.24, 2.45) is 11.8 Å². The van der Waals surface area contributed by atoms with Gasteiger partial charge in [-0.15, -0.1) is 0 Å². The molecule has 6 heteroatoms. The first-order valence-electron chi connectivity index (χ1n) is 8.22. The zero-order chi connectivity index (χ0) is 16.2. The van der Waals surface area contributed by atoms with Crippen molar-refractivity contribution in [2.45, 2.75) is 43.8 Å². The van der Waals surface area contributed by atoms with Crippen molar-refractivity contribution in [3.63, 3.8) is 0 Å². The lowest BCUT2D eigenvalue weighted by molar-refractivity contribution is -0.137. The van der Waals surface area contributed by atoms with Crippen molar-refractivity contribution in [1.29, 1.82) is 0 Å². The van der Waals surface area contributed by atoms with E-state index in [-0.39, 0.29) is 5.97 Å². The van der Waals surface area contributed by atoms with E-state index in [1.54, 1.807) is 19.2 Å². The molecule has 2 aliphatic carbocycles.